The molecule has 158 valence electrons. The number of fused-ring (bicyclic) bond motifs is 2. The van der Waals surface area contributed by atoms with Crippen LogP contribution in [0.1, 0.15) is 25.0 Å². The number of hydrogen-bond donors (Lipinski definition) is 1. The van der Waals surface area contributed by atoms with Gasteiger partial charge in [-0.25, -0.2) is 9.38 Å². The molecule has 30 heavy (non-hydrogen) atoms. The van der Waals surface area contributed by atoms with Crippen LogP contribution < -0.4 is 4.74 Å². The van der Waals surface area contributed by atoms with E-state index in [4.69, 9.17) is 9.73 Å². The third kappa shape index (κ3) is 4.03. The number of aliphatic carboxylic acids is 1. The van der Waals surface area contributed by atoms with Gasteiger partial charge in [-0.3, -0.25) is 9.69 Å². The number of carboxylic acids is 1. The van der Waals surface area contributed by atoms with Gasteiger partial charge in [-0.2, -0.15) is 0 Å². The normalized spacial score (nSPS) is 16.8. The van der Waals surface area contributed by atoms with Crippen LogP contribution in [0.5, 0.6) is 11.5 Å². The number of hydrogen-bond acceptors (Lipinski definition) is 5. The molecule has 1 fully saturated rings. The molecule has 0 radical (unpaired) electrons. The second-order valence-corrected chi connectivity index (χ2v) is 8.60. The number of ether oxygens (including phenoxy) is 1. The molecule has 0 atom stereocenters. The minimum absolute atomic E-state index is 0.357. The van der Waals surface area contributed by atoms with E-state index in [0.29, 0.717) is 31.1 Å². The Labute approximate surface area is 175 Å². The molecule has 2 aliphatic heterocycles. The summed E-state index contributed by atoms with van der Waals surface area (Å²) in [7, 11) is 0. The zero-order valence-electron chi connectivity index (χ0n) is 17.5. The number of rotatable bonds is 3. The first kappa shape index (κ1) is 20.3. The minimum Gasteiger partial charge on any atom is -0.481 e. The summed E-state index contributed by atoms with van der Waals surface area (Å²) >= 11 is 0. The first-order valence-electron chi connectivity index (χ1n) is 10.1. The first-order chi connectivity index (χ1) is 14.2. The van der Waals surface area contributed by atoms with E-state index in [9.17, 15) is 14.3 Å². The number of piperazine rings is 1. The third-order valence-corrected chi connectivity index (χ3v) is 5.61. The molecule has 0 unspecified atom stereocenters. The van der Waals surface area contributed by atoms with E-state index in [1.165, 1.54) is 12.1 Å². The monoisotopic (exact) mass is 411 g/mol. The Morgan fingerprint density at radius 2 is 1.87 bits per heavy atom. The molecule has 0 aliphatic carbocycles. The summed E-state index contributed by atoms with van der Waals surface area (Å²) in [6.07, 6.45) is 0. The molecule has 0 saturated carbocycles. The lowest BCUT2D eigenvalue weighted by atomic mass is 9.93. The van der Waals surface area contributed by atoms with Crippen molar-refractivity contribution in [2.45, 2.75) is 20.8 Å². The van der Waals surface area contributed by atoms with Gasteiger partial charge in [-0.05, 0) is 50.6 Å². The van der Waals surface area contributed by atoms with Gasteiger partial charge in [0, 0.05) is 38.8 Å². The van der Waals surface area contributed by atoms with Crippen LogP contribution in [-0.4, -0.2) is 59.4 Å². The number of carboxylic acid groups (broad SMARTS) is 1. The molecule has 0 bridgehead atoms. The van der Waals surface area contributed by atoms with Gasteiger partial charge in [0.15, 0.2) is 5.75 Å². The molecular formula is C23H26FN3O3. The number of halogens is 1. The molecule has 1 N–H and O–H groups in total. The van der Waals surface area contributed by atoms with Gasteiger partial charge in [-0.15, -0.1) is 0 Å². The Bertz CT molecular complexity index is 1010. The fraction of sp³-hybridized carbons (Fsp3) is 0.391. The van der Waals surface area contributed by atoms with Crippen molar-refractivity contribution in [3.63, 3.8) is 0 Å². The molecule has 0 aromatic heterocycles. The largest absolute Gasteiger partial charge is 0.481 e. The van der Waals surface area contributed by atoms with Crippen molar-refractivity contribution in [1.82, 2.24) is 9.80 Å². The number of benzene rings is 2. The predicted molar refractivity (Wildman–Crippen MR) is 113 cm³/mol. The molecule has 1 saturated heterocycles. The fourth-order valence-corrected chi connectivity index (χ4v) is 3.84. The van der Waals surface area contributed by atoms with Crippen LogP contribution in [0.3, 0.4) is 0 Å². The van der Waals surface area contributed by atoms with Gasteiger partial charge in [0.25, 0.3) is 0 Å². The molecule has 7 heteroatoms. The number of amidine groups is 1. The quantitative estimate of drug-likeness (QED) is 0.826. The van der Waals surface area contributed by atoms with Gasteiger partial charge in [-0.1, -0.05) is 6.07 Å². The highest BCUT2D eigenvalue weighted by Gasteiger charge is 2.32. The first-order valence-corrected chi connectivity index (χ1v) is 10.1. The standard InChI is InChI=1S/C23H26FN3O3/c1-15-4-7-19-18(12-15)25-21(17-6-5-16(24)13-20(17)30-19)27-10-8-26(9-11-27)14-23(2,3)22(28)29/h4-7,12-13H,8-11,14H2,1-3H3,(H,28,29). The van der Waals surface area contributed by atoms with Crippen molar-refractivity contribution in [3.8, 4) is 11.5 Å². The molecule has 2 aromatic carbocycles. The Kier molecular flexibility index (Phi) is 5.24. The summed E-state index contributed by atoms with van der Waals surface area (Å²) in [5, 5.41) is 9.41. The maximum Gasteiger partial charge on any atom is 0.310 e. The second kappa shape index (κ2) is 7.72. The van der Waals surface area contributed by atoms with Gasteiger partial charge in [0.2, 0.25) is 0 Å². The van der Waals surface area contributed by atoms with Crippen molar-refractivity contribution in [2.24, 2.45) is 10.4 Å². The summed E-state index contributed by atoms with van der Waals surface area (Å²) in [6, 6.07) is 10.3. The van der Waals surface area contributed by atoms with E-state index in [2.05, 4.69) is 9.80 Å². The summed E-state index contributed by atoms with van der Waals surface area (Å²) < 4.78 is 19.9. The zero-order valence-corrected chi connectivity index (χ0v) is 17.5. The van der Waals surface area contributed by atoms with Crippen molar-refractivity contribution >= 4 is 17.5 Å². The number of aryl methyl sites for hydroxylation is 1. The Morgan fingerprint density at radius 1 is 1.13 bits per heavy atom. The molecule has 6 nitrogen and oxygen atoms in total. The molecule has 0 amide bonds. The van der Waals surface area contributed by atoms with Crippen LogP contribution in [0.25, 0.3) is 0 Å². The van der Waals surface area contributed by atoms with E-state index in [-0.39, 0.29) is 5.82 Å². The van der Waals surface area contributed by atoms with E-state index < -0.39 is 11.4 Å². The average Bonchev–Trinajstić information content (AvgIpc) is 2.84. The number of nitrogens with zero attached hydrogens (tertiary/aromatic N) is 3. The molecule has 2 aliphatic rings. The smallest absolute Gasteiger partial charge is 0.310 e. The Morgan fingerprint density at radius 3 is 2.57 bits per heavy atom. The lowest BCUT2D eigenvalue weighted by Crippen LogP contribution is -2.52. The second-order valence-electron chi connectivity index (χ2n) is 8.60. The SMILES string of the molecule is Cc1ccc2c(c1)N=C(N1CCN(CC(C)(C)C(=O)O)CC1)c1ccc(F)cc1O2. The highest BCUT2D eigenvalue weighted by molar-refractivity contribution is 6.03. The summed E-state index contributed by atoms with van der Waals surface area (Å²) in [6.45, 7) is 8.85. The van der Waals surface area contributed by atoms with Crippen LogP contribution in [0.2, 0.25) is 0 Å². The van der Waals surface area contributed by atoms with Crippen LogP contribution >= 0.6 is 0 Å². The molecule has 2 heterocycles. The Hall–Kier alpha value is -2.93. The van der Waals surface area contributed by atoms with Gasteiger partial charge >= 0.3 is 5.97 Å². The highest BCUT2D eigenvalue weighted by atomic mass is 19.1. The lowest BCUT2D eigenvalue weighted by molar-refractivity contribution is -0.148. The lowest BCUT2D eigenvalue weighted by Gasteiger charge is -2.38. The van der Waals surface area contributed by atoms with Crippen molar-refractivity contribution in [1.29, 1.82) is 0 Å². The maximum absolute atomic E-state index is 13.9. The van der Waals surface area contributed by atoms with Crippen molar-refractivity contribution in [3.05, 3.63) is 53.3 Å². The summed E-state index contributed by atoms with van der Waals surface area (Å²) in [5.74, 6) is 0.657. The highest BCUT2D eigenvalue weighted by Crippen LogP contribution is 2.39. The van der Waals surface area contributed by atoms with Crippen molar-refractivity contribution in [2.75, 3.05) is 32.7 Å². The van der Waals surface area contributed by atoms with Crippen LogP contribution in [0, 0.1) is 18.2 Å². The van der Waals surface area contributed by atoms with Crippen LogP contribution in [0.4, 0.5) is 10.1 Å². The summed E-state index contributed by atoms with van der Waals surface area (Å²) in [4.78, 5) is 20.7. The van der Waals surface area contributed by atoms with Crippen LogP contribution in [0.15, 0.2) is 41.4 Å². The van der Waals surface area contributed by atoms with Crippen LogP contribution in [-0.2, 0) is 4.79 Å². The van der Waals surface area contributed by atoms with Gasteiger partial charge in [0.1, 0.15) is 23.1 Å². The Balaban J connectivity index is 1.62. The number of aliphatic imine (C=N–C) groups is 1. The van der Waals surface area contributed by atoms with E-state index in [1.54, 1.807) is 19.9 Å². The maximum atomic E-state index is 13.9. The third-order valence-electron chi connectivity index (χ3n) is 5.61. The van der Waals surface area contributed by atoms with Crippen molar-refractivity contribution < 1.29 is 19.0 Å². The van der Waals surface area contributed by atoms with E-state index in [1.807, 2.05) is 25.1 Å². The molecule has 0 spiro atoms. The topological polar surface area (TPSA) is 65.4 Å². The average molecular weight is 411 g/mol. The zero-order chi connectivity index (χ0) is 21.5. The van der Waals surface area contributed by atoms with Gasteiger partial charge in [0.05, 0.1) is 11.0 Å². The predicted octanol–water partition coefficient (Wildman–Crippen LogP) is 4.05. The summed E-state index contributed by atoms with van der Waals surface area (Å²) in [5.41, 5.74) is 1.75. The fourth-order valence-electron chi connectivity index (χ4n) is 3.84. The number of carbonyl (C=O) groups is 1. The minimum atomic E-state index is -0.795. The van der Waals surface area contributed by atoms with Gasteiger partial charge < -0.3 is 14.7 Å². The van der Waals surface area contributed by atoms with E-state index >= 15 is 0 Å². The molecule has 4 rings (SSSR count). The molecule has 2 aromatic rings. The molecular weight excluding hydrogens is 385 g/mol. The van der Waals surface area contributed by atoms with E-state index in [0.717, 1.165) is 35.7 Å².